The van der Waals surface area contributed by atoms with Crippen LogP contribution >= 0.6 is 0 Å². The zero-order chi connectivity index (χ0) is 15.8. The smallest absolute Gasteiger partial charge is 0.246 e. The standard InChI is InChI=1S/C13H23N3O4S/c1-5-16-9(2)12(8-14-16)21(18,19)15(3)10-6-7-11(20-4)13(10)17/h8,10-11,13,17H,5-7H2,1-4H3/t10-,11-,13-/m1/s1. The number of hydrogen-bond acceptors (Lipinski definition) is 5. The van der Waals surface area contributed by atoms with Crippen LogP contribution in [0.1, 0.15) is 25.5 Å². The number of aryl methyl sites for hydroxylation is 1. The van der Waals surface area contributed by atoms with Gasteiger partial charge in [0, 0.05) is 20.7 Å². The number of ether oxygens (including phenoxy) is 1. The molecular formula is C13H23N3O4S. The third-order valence-corrected chi connectivity index (χ3v) is 6.29. The summed E-state index contributed by atoms with van der Waals surface area (Å²) < 4.78 is 33.5. The van der Waals surface area contributed by atoms with Crippen molar-refractivity contribution in [1.82, 2.24) is 14.1 Å². The second-order valence-corrected chi connectivity index (χ2v) is 7.31. The number of likely N-dealkylation sites (N-methyl/N-ethyl adjacent to an activating group) is 1. The maximum absolute atomic E-state index is 12.7. The van der Waals surface area contributed by atoms with Crippen LogP contribution < -0.4 is 0 Å². The van der Waals surface area contributed by atoms with Crippen molar-refractivity contribution in [3.05, 3.63) is 11.9 Å². The third-order valence-electron chi connectivity index (χ3n) is 4.31. The molecule has 0 aromatic carbocycles. The summed E-state index contributed by atoms with van der Waals surface area (Å²) in [6, 6.07) is -0.468. The monoisotopic (exact) mass is 317 g/mol. The van der Waals surface area contributed by atoms with Gasteiger partial charge in [-0.25, -0.2) is 8.42 Å². The second kappa shape index (κ2) is 6.04. The van der Waals surface area contributed by atoms with Crippen molar-refractivity contribution in [2.24, 2.45) is 0 Å². The molecule has 8 heteroatoms. The molecule has 0 aliphatic heterocycles. The van der Waals surface area contributed by atoms with Gasteiger partial charge < -0.3 is 9.84 Å². The quantitative estimate of drug-likeness (QED) is 0.848. The summed E-state index contributed by atoms with van der Waals surface area (Å²) in [5.41, 5.74) is 0.611. The van der Waals surface area contributed by atoms with Crippen molar-refractivity contribution in [2.45, 2.75) is 56.4 Å². The minimum atomic E-state index is -3.67. The Kier molecular flexibility index (Phi) is 4.72. The van der Waals surface area contributed by atoms with Crippen LogP contribution in [0.2, 0.25) is 0 Å². The number of aliphatic hydroxyl groups excluding tert-OH is 1. The summed E-state index contributed by atoms with van der Waals surface area (Å²) in [5, 5.41) is 14.3. The number of methoxy groups -OCH3 is 1. The largest absolute Gasteiger partial charge is 0.389 e. The van der Waals surface area contributed by atoms with E-state index in [2.05, 4.69) is 5.10 Å². The number of sulfonamides is 1. The average molecular weight is 317 g/mol. The molecule has 3 atom stereocenters. The molecule has 0 spiro atoms. The van der Waals surface area contributed by atoms with Crippen LogP contribution in [0.4, 0.5) is 0 Å². The fourth-order valence-corrected chi connectivity index (χ4v) is 4.47. The lowest BCUT2D eigenvalue weighted by molar-refractivity contribution is -0.00796. The topological polar surface area (TPSA) is 84.7 Å². The maximum atomic E-state index is 12.7. The fourth-order valence-electron chi connectivity index (χ4n) is 2.91. The summed E-state index contributed by atoms with van der Waals surface area (Å²) in [5.74, 6) is 0. The van der Waals surface area contributed by atoms with E-state index in [1.807, 2.05) is 6.92 Å². The number of rotatable bonds is 5. The predicted octanol–water partition coefficient (Wildman–Crippen LogP) is 0.370. The van der Waals surface area contributed by atoms with Crippen LogP contribution in [0.5, 0.6) is 0 Å². The van der Waals surface area contributed by atoms with Gasteiger partial charge in [0.25, 0.3) is 0 Å². The molecule has 0 unspecified atom stereocenters. The Morgan fingerprint density at radius 1 is 1.52 bits per heavy atom. The molecule has 120 valence electrons. The fraction of sp³-hybridized carbons (Fsp3) is 0.769. The molecule has 1 aromatic heterocycles. The SMILES string of the molecule is CCn1ncc(S(=O)(=O)N(C)[C@@H]2CC[C@@H](OC)[C@@H]2O)c1C. The molecule has 1 aliphatic rings. The maximum Gasteiger partial charge on any atom is 0.246 e. The second-order valence-electron chi connectivity index (χ2n) is 5.34. The molecule has 7 nitrogen and oxygen atoms in total. The molecule has 1 aliphatic carbocycles. The van der Waals surface area contributed by atoms with Gasteiger partial charge in [-0.05, 0) is 26.7 Å². The summed E-state index contributed by atoms with van der Waals surface area (Å²) in [7, 11) is -0.641. The zero-order valence-corrected chi connectivity index (χ0v) is 13.7. The average Bonchev–Trinajstić information content (AvgIpc) is 3.00. The molecule has 0 radical (unpaired) electrons. The van der Waals surface area contributed by atoms with Crippen molar-refractivity contribution >= 4 is 10.0 Å². The molecule has 21 heavy (non-hydrogen) atoms. The Balaban J connectivity index is 2.29. The number of nitrogens with zero attached hydrogens (tertiary/aromatic N) is 3. The van der Waals surface area contributed by atoms with Gasteiger partial charge >= 0.3 is 0 Å². The van der Waals surface area contributed by atoms with E-state index in [0.717, 1.165) is 0 Å². The normalized spacial score (nSPS) is 26.7. The first kappa shape index (κ1) is 16.4. The molecule has 0 amide bonds. The van der Waals surface area contributed by atoms with E-state index in [-0.39, 0.29) is 11.0 Å². The number of aromatic nitrogens is 2. The molecular weight excluding hydrogens is 294 g/mol. The van der Waals surface area contributed by atoms with Crippen LogP contribution in [0.15, 0.2) is 11.1 Å². The Morgan fingerprint density at radius 3 is 2.67 bits per heavy atom. The number of aliphatic hydroxyl groups is 1. The van der Waals surface area contributed by atoms with Crippen molar-refractivity contribution in [2.75, 3.05) is 14.2 Å². The predicted molar refractivity (Wildman–Crippen MR) is 77.4 cm³/mol. The summed E-state index contributed by atoms with van der Waals surface area (Å²) in [6.45, 7) is 4.26. The highest BCUT2D eigenvalue weighted by Gasteiger charge is 2.42. The van der Waals surface area contributed by atoms with E-state index < -0.39 is 22.2 Å². The highest BCUT2D eigenvalue weighted by Crippen LogP contribution is 2.30. The van der Waals surface area contributed by atoms with E-state index in [1.54, 1.807) is 11.6 Å². The van der Waals surface area contributed by atoms with Crippen molar-refractivity contribution in [1.29, 1.82) is 0 Å². The minimum Gasteiger partial charge on any atom is -0.389 e. The van der Waals surface area contributed by atoms with Gasteiger partial charge in [-0.1, -0.05) is 0 Å². The lowest BCUT2D eigenvalue weighted by atomic mass is 10.2. The highest BCUT2D eigenvalue weighted by molar-refractivity contribution is 7.89. The van der Waals surface area contributed by atoms with E-state index >= 15 is 0 Å². The van der Waals surface area contributed by atoms with Gasteiger partial charge in [0.1, 0.15) is 4.90 Å². The molecule has 0 bridgehead atoms. The van der Waals surface area contributed by atoms with Gasteiger partial charge in [0.15, 0.2) is 0 Å². The van der Waals surface area contributed by atoms with Gasteiger partial charge in [-0.3, -0.25) is 4.68 Å². The first-order valence-electron chi connectivity index (χ1n) is 7.05. The Labute approximate surface area is 125 Å². The van der Waals surface area contributed by atoms with Gasteiger partial charge in [0.05, 0.1) is 30.1 Å². The van der Waals surface area contributed by atoms with E-state index in [0.29, 0.717) is 25.1 Å². The van der Waals surface area contributed by atoms with Gasteiger partial charge in [-0.2, -0.15) is 9.40 Å². The van der Waals surface area contributed by atoms with Gasteiger partial charge in [0.2, 0.25) is 10.0 Å². The zero-order valence-electron chi connectivity index (χ0n) is 12.9. The summed E-state index contributed by atoms with van der Waals surface area (Å²) in [6.07, 6.45) is 1.48. The van der Waals surface area contributed by atoms with Crippen LogP contribution in [-0.4, -0.2) is 60.0 Å². The molecule has 1 N–H and O–H groups in total. The first-order valence-corrected chi connectivity index (χ1v) is 8.49. The Hall–Kier alpha value is -0.960. The first-order chi connectivity index (χ1) is 9.84. The molecule has 1 aromatic rings. The van der Waals surface area contributed by atoms with Crippen molar-refractivity contribution in [3.63, 3.8) is 0 Å². The minimum absolute atomic E-state index is 0.194. The lowest BCUT2D eigenvalue weighted by Gasteiger charge is -2.27. The molecule has 2 rings (SSSR count). The number of hydrogen-bond donors (Lipinski definition) is 1. The van der Waals surface area contributed by atoms with Gasteiger partial charge in [-0.15, -0.1) is 0 Å². The van der Waals surface area contributed by atoms with E-state index in [1.165, 1.54) is 24.7 Å². The molecule has 0 saturated heterocycles. The van der Waals surface area contributed by atoms with E-state index in [9.17, 15) is 13.5 Å². The third kappa shape index (κ3) is 2.73. The molecule has 1 saturated carbocycles. The Morgan fingerprint density at radius 2 is 2.19 bits per heavy atom. The summed E-state index contributed by atoms with van der Waals surface area (Å²) in [4.78, 5) is 0.194. The summed E-state index contributed by atoms with van der Waals surface area (Å²) >= 11 is 0. The van der Waals surface area contributed by atoms with E-state index in [4.69, 9.17) is 4.74 Å². The highest BCUT2D eigenvalue weighted by atomic mass is 32.2. The lowest BCUT2D eigenvalue weighted by Crippen LogP contribution is -2.44. The van der Waals surface area contributed by atoms with Crippen LogP contribution in [0, 0.1) is 6.92 Å². The van der Waals surface area contributed by atoms with Crippen molar-refractivity contribution in [3.8, 4) is 0 Å². The van der Waals surface area contributed by atoms with Crippen LogP contribution in [-0.2, 0) is 21.3 Å². The molecule has 1 fully saturated rings. The van der Waals surface area contributed by atoms with Crippen LogP contribution in [0.3, 0.4) is 0 Å². The molecule has 1 heterocycles. The van der Waals surface area contributed by atoms with Crippen LogP contribution in [0.25, 0.3) is 0 Å². The Bertz CT molecular complexity index is 599. The van der Waals surface area contributed by atoms with Crippen molar-refractivity contribution < 1.29 is 18.3 Å².